The van der Waals surface area contributed by atoms with Crippen LogP contribution in [-0.2, 0) is 6.54 Å². The van der Waals surface area contributed by atoms with Gasteiger partial charge in [0.05, 0.1) is 13.7 Å². The average molecular weight is 345 g/mol. The number of benzene rings is 1. The summed E-state index contributed by atoms with van der Waals surface area (Å²) < 4.78 is 10.6. The largest absolute Gasteiger partial charge is 0.497 e. The molecule has 0 unspecified atom stereocenters. The van der Waals surface area contributed by atoms with Gasteiger partial charge < -0.3 is 9.15 Å². The van der Waals surface area contributed by atoms with Gasteiger partial charge in [-0.3, -0.25) is 25.3 Å². The van der Waals surface area contributed by atoms with Crippen LogP contribution in [0.1, 0.15) is 40.5 Å². The van der Waals surface area contributed by atoms with Crippen LogP contribution in [0.4, 0.5) is 0 Å². The topological polar surface area (TPSA) is 83.8 Å². The van der Waals surface area contributed by atoms with Gasteiger partial charge >= 0.3 is 5.91 Å². The van der Waals surface area contributed by atoms with E-state index < -0.39 is 11.8 Å². The van der Waals surface area contributed by atoms with E-state index in [0.29, 0.717) is 23.6 Å². The quantitative estimate of drug-likeness (QED) is 0.752. The van der Waals surface area contributed by atoms with Gasteiger partial charge in [0, 0.05) is 5.56 Å². The fourth-order valence-electron chi connectivity index (χ4n) is 2.24. The minimum Gasteiger partial charge on any atom is -0.497 e. The minimum absolute atomic E-state index is 0.150. The van der Waals surface area contributed by atoms with Crippen molar-refractivity contribution in [2.24, 2.45) is 0 Å². The number of rotatable bonds is 7. The molecule has 0 saturated carbocycles. The van der Waals surface area contributed by atoms with Gasteiger partial charge in [0.2, 0.25) is 0 Å². The molecular formula is C18H23N3O4. The van der Waals surface area contributed by atoms with E-state index in [1.54, 1.807) is 43.5 Å². The molecule has 0 spiro atoms. The van der Waals surface area contributed by atoms with Crippen molar-refractivity contribution in [2.45, 2.75) is 20.4 Å². The monoisotopic (exact) mass is 345 g/mol. The first-order chi connectivity index (χ1) is 12.1. The predicted molar refractivity (Wildman–Crippen MR) is 93.3 cm³/mol. The first kappa shape index (κ1) is 18.5. The Hall–Kier alpha value is -2.80. The van der Waals surface area contributed by atoms with Crippen LogP contribution in [-0.4, -0.2) is 36.9 Å². The van der Waals surface area contributed by atoms with Crippen molar-refractivity contribution in [1.29, 1.82) is 0 Å². The average Bonchev–Trinajstić information content (AvgIpc) is 3.12. The molecule has 0 fully saturated rings. The molecule has 2 N–H and O–H groups in total. The second-order valence-corrected chi connectivity index (χ2v) is 5.36. The first-order valence-corrected chi connectivity index (χ1v) is 8.13. The van der Waals surface area contributed by atoms with Crippen molar-refractivity contribution in [2.75, 3.05) is 20.2 Å². The van der Waals surface area contributed by atoms with Crippen LogP contribution < -0.4 is 15.6 Å². The second-order valence-electron chi connectivity index (χ2n) is 5.36. The maximum atomic E-state index is 12.1. The standard InChI is InChI=1S/C18H23N3O4/c1-4-21(5-2)12-15-10-11-16(25-15)18(23)20-19-17(22)13-6-8-14(24-3)9-7-13/h6-11H,4-5,12H2,1-3H3,(H,19,22)(H,20,23). The maximum Gasteiger partial charge on any atom is 0.305 e. The number of carbonyl (C=O) groups is 2. The van der Waals surface area contributed by atoms with Gasteiger partial charge in [-0.05, 0) is 49.5 Å². The minimum atomic E-state index is -0.507. The van der Waals surface area contributed by atoms with Gasteiger partial charge in [-0.15, -0.1) is 0 Å². The normalized spacial score (nSPS) is 10.6. The summed E-state index contributed by atoms with van der Waals surface area (Å²) in [4.78, 5) is 26.2. The molecule has 2 amide bonds. The first-order valence-electron chi connectivity index (χ1n) is 8.13. The molecule has 134 valence electrons. The lowest BCUT2D eigenvalue weighted by Gasteiger charge is -2.15. The predicted octanol–water partition coefficient (Wildman–Crippen LogP) is 2.20. The molecule has 2 aromatic rings. The van der Waals surface area contributed by atoms with Crippen LogP contribution in [0.5, 0.6) is 5.75 Å². The van der Waals surface area contributed by atoms with Crippen molar-refractivity contribution in [3.8, 4) is 5.75 Å². The number of ether oxygens (including phenoxy) is 1. The van der Waals surface area contributed by atoms with Gasteiger partial charge in [0.1, 0.15) is 11.5 Å². The number of amides is 2. The number of hydrogen-bond acceptors (Lipinski definition) is 5. The summed E-state index contributed by atoms with van der Waals surface area (Å²) in [6, 6.07) is 9.91. The Labute approximate surface area is 146 Å². The highest BCUT2D eigenvalue weighted by Gasteiger charge is 2.14. The zero-order chi connectivity index (χ0) is 18.2. The van der Waals surface area contributed by atoms with Gasteiger partial charge in [-0.2, -0.15) is 0 Å². The molecule has 7 heteroatoms. The van der Waals surface area contributed by atoms with E-state index >= 15 is 0 Å². The molecule has 0 aliphatic carbocycles. The van der Waals surface area contributed by atoms with Crippen LogP contribution >= 0.6 is 0 Å². The van der Waals surface area contributed by atoms with Crippen LogP contribution in [0.25, 0.3) is 0 Å². The van der Waals surface area contributed by atoms with E-state index in [4.69, 9.17) is 9.15 Å². The molecule has 2 rings (SSSR count). The Morgan fingerprint density at radius 2 is 1.64 bits per heavy atom. The third-order valence-corrected chi connectivity index (χ3v) is 3.80. The molecule has 25 heavy (non-hydrogen) atoms. The molecule has 0 saturated heterocycles. The lowest BCUT2D eigenvalue weighted by Crippen LogP contribution is -2.41. The molecule has 0 radical (unpaired) electrons. The summed E-state index contributed by atoms with van der Waals surface area (Å²) in [6.07, 6.45) is 0. The SMILES string of the molecule is CCN(CC)Cc1ccc(C(=O)NNC(=O)c2ccc(OC)cc2)o1. The van der Waals surface area contributed by atoms with E-state index in [1.165, 1.54) is 0 Å². The van der Waals surface area contributed by atoms with E-state index in [0.717, 1.165) is 13.1 Å². The molecule has 1 aromatic heterocycles. The Bertz CT molecular complexity index is 705. The highest BCUT2D eigenvalue weighted by Crippen LogP contribution is 2.12. The third kappa shape index (κ3) is 5.09. The van der Waals surface area contributed by atoms with Crippen LogP contribution in [0, 0.1) is 0 Å². The summed E-state index contributed by atoms with van der Waals surface area (Å²) in [7, 11) is 1.55. The van der Waals surface area contributed by atoms with Gasteiger partial charge in [-0.1, -0.05) is 13.8 Å². The summed E-state index contributed by atoms with van der Waals surface area (Å²) in [6.45, 7) is 6.56. The van der Waals surface area contributed by atoms with Gasteiger partial charge in [-0.25, -0.2) is 0 Å². The lowest BCUT2D eigenvalue weighted by atomic mass is 10.2. The maximum absolute atomic E-state index is 12.1. The Morgan fingerprint density at radius 1 is 1.00 bits per heavy atom. The number of furan rings is 1. The zero-order valence-electron chi connectivity index (χ0n) is 14.7. The Morgan fingerprint density at radius 3 is 2.24 bits per heavy atom. The molecule has 0 aliphatic rings. The van der Waals surface area contributed by atoms with Crippen molar-refractivity contribution in [1.82, 2.24) is 15.8 Å². The number of methoxy groups -OCH3 is 1. The molecule has 0 bridgehead atoms. The number of carbonyl (C=O) groups excluding carboxylic acids is 2. The van der Waals surface area contributed by atoms with E-state index in [9.17, 15) is 9.59 Å². The zero-order valence-corrected chi connectivity index (χ0v) is 14.7. The van der Waals surface area contributed by atoms with E-state index in [-0.39, 0.29) is 5.76 Å². The fraction of sp³-hybridized carbons (Fsp3) is 0.333. The molecule has 1 heterocycles. The van der Waals surface area contributed by atoms with Gasteiger partial charge in [0.15, 0.2) is 5.76 Å². The summed E-state index contributed by atoms with van der Waals surface area (Å²) in [5, 5.41) is 0. The number of nitrogens with zero attached hydrogens (tertiary/aromatic N) is 1. The third-order valence-electron chi connectivity index (χ3n) is 3.80. The molecule has 1 aromatic carbocycles. The number of hydrazine groups is 1. The fourth-order valence-corrected chi connectivity index (χ4v) is 2.24. The van der Waals surface area contributed by atoms with Crippen molar-refractivity contribution >= 4 is 11.8 Å². The number of nitrogens with one attached hydrogen (secondary N) is 2. The van der Waals surface area contributed by atoms with E-state index in [1.807, 2.05) is 0 Å². The Kier molecular flexibility index (Phi) is 6.59. The molecular weight excluding hydrogens is 322 g/mol. The molecule has 0 atom stereocenters. The molecule has 0 aliphatic heterocycles. The van der Waals surface area contributed by atoms with Crippen LogP contribution in [0.3, 0.4) is 0 Å². The highest BCUT2D eigenvalue weighted by molar-refractivity contribution is 5.98. The Balaban J connectivity index is 1.89. The molecule has 7 nitrogen and oxygen atoms in total. The van der Waals surface area contributed by atoms with Crippen molar-refractivity contribution < 1.29 is 18.7 Å². The number of hydrogen-bond donors (Lipinski definition) is 2. The highest BCUT2D eigenvalue weighted by atomic mass is 16.5. The summed E-state index contributed by atoms with van der Waals surface area (Å²) in [5.41, 5.74) is 5.11. The summed E-state index contributed by atoms with van der Waals surface area (Å²) in [5.74, 6) is 0.572. The second kappa shape index (κ2) is 8.89. The van der Waals surface area contributed by atoms with Crippen LogP contribution in [0.2, 0.25) is 0 Å². The van der Waals surface area contributed by atoms with Crippen LogP contribution in [0.15, 0.2) is 40.8 Å². The smallest absolute Gasteiger partial charge is 0.305 e. The van der Waals surface area contributed by atoms with Crippen molar-refractivity contribution in [3.05, 3.63) is 53.5 Å². The lowest BCUT2D eigenvalue weighted by molar-refractivity contribution is 0.0829. The van der Waals surface area contributed by atoms with Gasteiger partial charge in [0.25, 0.3) is 5.91 Å². The van der Waals surface area contributed by atoms with Crippen molar-refractivity contribution in [3.63, 3.8) is 0 Å². The summed E-state index contributed by atoms with van der Waals surface area (Å²) >= 11 is 0. The van der Waals surface area contributed by atoms with E-state index in [2.05, 4.69) is 29.6 Å².